The van der Waals surface area contributed by atoms with Crippen LogP contribution in [-0.2, 0) is 16.0 Å². The molecular formula is C27H34N2O4. The number of aromatic nitrogens is 1. The lowest BCUT2D eigenvalue weighted by Crippen LogP contribution is -2.24. The van der Waals surface area contributed by atoms with Crippen LogP contribution in [0, 0.1) is 0 Å². The first-order valence-corrected chi connectivity index (χ1v) is 11.6. The minimum atomic E-state index is -0.383. The minimum absolute atomic E-state index is 0.0885. The molecule has 0 fully saturated rings. The van der Waals surface area contributed by atoms with Crippen molar-refractivity contribution in [2.75, 3.05) is 20.8 Å². The second-order valence-electron chi connectivity index (χ2n) is 8.26. The normalized spacial score (nSPS) is 11.9. The molecule has 1 amide bonds. The lowest BCUT2D eigenvalue weighted by atomic mass is 9.86. The summed E-state index contributed by atoms with van der Waals surface area (Å²) in [6.07, 6.45) is 6.11. The number of ether oxygens (including phenoxy) is 2. The van der Waals surface area contributed by atoms with Gasteiger partial charge in [-0.2, -0.15) is 0 Å². The number of hydrogen-bond acceptors (Lipinski definition) is 4. The molecule has 1 unspecified atom stereocenters. The summed E-state index contributed by atoms with van der Waals surface area (Å²) in [6.45, 7) is 4.93. The lowest BCUT2D eigenvalue weighted by molar-refractivity contribution is -0.121. The van der Waals surface area contributed by atoms with Gasteiger partial charge in [0.25, 0.3) is 0 Å². The molecule has 6 nitrogen and oxygen atoms in total. The van der Waals surface area contributed by atoms with Gasteiger partial charge in [0.05, 0.1) is 19.8 Å². The van der Waals surface area contributed by atoms with Crippen molar-refractivity contribution in [1.82, 2.24) is 10.3 Å². The number of nitrogens with one attached hydrogen (secondary N) is 2. The summed E-state index contributed by atoms with van der Waals surface area (Å²) < 4.78 is 10.5. The van der Waals surface area contributed by atoms with E-state index in [1.807, 2.05) is 13.0 Å². The van der Waals surface area contributed by atoms with Crippen molar-refractivity contribution in [2.45, 2.75) is 51.9 Å². The van der Waals surface area contributed by atoms with Crippen molar-refractivity contribution >= 4 is 22.8 Å². The molecule has 0 aliphatic carbocycles. The summed E-state index contributed by atoms with van der Waals surface area (Å²) in [5.74, 6) is 0.486. The molecule has 0 radical (unpaired) electrons. The van der Waals surface area contributed by atoms with Gasteiger partial charge in [-0.25, -0.2) is 4.79 Å². The van der Waals surface area contributed by atoms with Gasteiger partial charge in [0.1, 0.15) is 5.75 Å². The largest absolute Gasteiger partial charge is 0.496 e. The standard InChI is InChI=1S/C27H34N2O4/c1-5-7-20(21-11-10-19(27(31)33-4)16-25(21)32-3)23-17-29-24-12-8-18(15-22(23)24)9-13-26(30)28-14-6-2/h8,10-12,15-17,20,29H,5-7,9,13-14H2,1-4H3,(H,28,30). The molecule has 2 N–H and O–H groups in total. The number of amides is 1. The summed E-state index contributed by atoms with van der Waals surface area (Å²) in [5, 5.41) is 4.09. The average molecular weight is 451 g/mol. The van der Waals surface area contributed by atoms with Crippen molar-refractivity contribution in [3.8, 4) is 5.75 Å². The lowest BCUT2D eigenvalue weighted by Gasteiger charge is -2.20. The summed E-state index contributed by atoms with van der Waals surface area (Å²) >= 11 is 0. The fourth-order valence-electron chi connectivity index (χ4n) is 4.25. The van der Waals surface area contributed by atoms with Crippen LogP contribution in [0.25, 0.3) is 10.9 Å². The average Bonchev–Trinajstić information content (AvgIpc) is 3.26. The summed E-state index contributed by atoms with van der Waals surface area (Å²) in [6, 6.07) is 11.9. The highest BCUT2D eigenvalue weighted by Crippen LogP contribution is 2.39. The third kappa shape index (κ3) is 5.75. The molecule has 0 saturated heterocycles. The van der Waals surface area contributed by atoms with E-state index in [0.717, 1.165) is 47.8 Å². The number of aromatic amines is 1. The van der Waals surface area contributed by atoms with Crippen molar-refractivity contribution in [2.24, 2.45) is 0 Å². The molecule has 33 heavy (non-hydrogen) atoms. The fraction of sp³-hybridized carbons (Fsp3) is 0.407. The molecular weight excluding hydrogens is 416 g/mol. The number of esters is 1. The van der Waals surface area contributed by atoms with Crippen LogP contribution < -0.4 is 10.1 Å². The topological polar surface area (TPSA) is 80.4 Å². The summed E-state index contributed by atoms with van der Waals surface area (Å²) in [4.78, 5) is 27.4. The maximum atomic E-state index is 12.0. The van der Waals surface area contributed by atoms with Gasteiger partial charge in [-0.15, -0.1) is 0 Å². The van der Waals surface area contributed by atoms with E-state index in [1.54, 1.807) is 19.2 Å². The zero-order valence-electron chi connectivity index (χ0n) is 20.0. The van der Waals surface area contributed by atoms with E-state index in [0.29, 0.717) is 24.2 Å². The molecule has 0 aliphatic heterocycles. The summed E-state index contributed by atoms with van der Waals surface area (Å²) in [7, 11) is 3.00. The van der Waals surface area contributed by atoms with E-state index in [1.165, 1.54) is 12.7 Å². The monoisotopic (exact) mass is 450 g/mol. The van der Waals surface area contributed by atoms with Crippen LogP contribution >= 0.6 is 0 Å². The Morgan fingerprint density at radius 2 is 1.85 bits per heavy atom. The number of H-pyrrole nitrogens is 1. The Morgan fingerprint density at radius 1 is 1.03 bits per heavy atom. The van der Waals surface area contributed by atoms with Crippen LogP contribution in [0.5, 0.6) is 5.75 Å². The van der Waals surface area contributed by atoms with Gasteiger partial charge >= 0.3 is 5.97 Å². The molecule has 176 valence electrons. The van der Waals surface area contributed by atoms with Crippen LogP contribution in [0.1, 0.15) is 72.5 Å². The van der Waals surface area contributed by atoms with E-state index in [4.69, 9.17) is 9.47 Å². The maximum absolute atomic E-state index is 12.0. The first kappa shape index (κ1) is 24.4. The molecule has 6 heteroatoms. The van der Waals surface area contributed by atoms with Crippen LogP contribution in [0.2, 0.25) is 0 Å². The second-order valence-corrected chi connectivity index (χ2v) is 8.26. The molecule has 1 atom stereocenters. The Kier molecular flexibility index (Phi) is 8.52. The van der Waals surface area contributed by atoms with Gasteiger partial charge in [0, 0.05) is 41.5 Å². The number of methoxy groups -OCH3 is 2. The maximum Gasteiger partial charge on any atom is 0.337 e. The van der Waals surface area contributed by atoms with Crippen LogP contribution in [0.3, 0.4) is 0 Å². The second kappa shape index (κ2) is 11.5. The van der Waals surface area contributed by atoms with Gasteiger partial charge in [-0.05, 0) is 54.7 Å². The van der Waals surface area contributed by atoms with Crippen LogP contribution in [0.15, 0.2) is 42.6 Å². The third-order valence-electron chi connectivity index (χ3n) is 5.97. The Morgan fingerprint density at radius 3 is 2.55 bits per heavy atom. The zero-order chi connectivity index (χ0) is 23.8. The Labute approximate surface area is 195 Å². The molecule has 1 heterocycles. The van der Waals surface area contributed by atoms with Gasteiger partial charge in [-0.1, -0.05) is 32.4 Å². The van der Waals surface area contributed by atoms with E-state index in [-0.39, 0.29) is 17.8 Å². The highest BCUT2D eigenvalue weighted by Gasteiger charge is 2.22. The Balaban J connectivity index is 1.95. The number of fused-ring (bicyclic) bond motifs is 1. The van der Waals surface area contributed by atoms with Gasteiger partial charge in [0.15, 0.2) is 0 Å². The number of benzene rings is 2. The van der Waals surface area contributed by atoms with E-state index < -0.39 is 0 Å². The summed E-state index contributed by atoms with van der Waals surface area (Å²) in [5.41, 5.74) is 4.90. The molecule has 0 saturated carbocycles. The Bertz CT molecular complexity index is 1100. The first-order chi connectivity index (χ1) is 16.0. The third-order valence-corrected chi connectivity index (χ3v) is 5.97. The SMILES string of the molecule is CCCNC(=O)CCc1ccc2[nH]cc(C(CCC)c3ccc(C(=O)OC)cc3OC)c2c1. The van der Waals surface area contributed by atoms with Crippen molar-refractivity contribution in [3.05, 3.63) is 64.8 Å². The highest BCUT2D eigenvalue weighted by atomic mass is 16.5. The smallest absolute Gasteiger partial charge is 0.337 e. The molecule has 0 aliphatic rings. The molecule has 0 spiro atoms. The van der Waals surface area contributed by atoms with Crippen LogP contribution in [0.4, 0.5) is 0 Å². The first-order valence-electron chi connectivity index (χ1n) is 11.6. The number of aryl methyl sites for hydroxylation is 1. The van der Waals surface area contributed by atoms with Crippen molar-refractivity contribution in [3.63, 3.8) is 0 Å². The number of carbonyl (C=O) groups is 2. The van der Waals surface area contributed by atoms with E-state index in [9.17, 15) is 9.59 Å². The Hall–Kier alpha value is -3.28. The molecule has 2 aromatic carbocycles. The predicted octanol–water partition coefficient (Wildman–Crippen LogP) is 5.35. The number of carbonyl (C=O) groups excluding carboxylic acids is 2. The molecule has 3 aromatic rings. The predicted molar refractivity (Wildman–Crippen MR) is 131 cm³/mol. The molecule has 3 rings (SSSR count). The van der Waals surface area contributed by atoms with Crippen LogP contribution in [-0.4, -0.2) is 37.6 Å². The zero-order valence-corrected chi connectivity index (χ0v) is 20.0. The van der Waals surface area contributed by atoms with Gasteiger partial charge in [0.2, 0.25) is 5.91 Å². The van der Waals surface area contributed by atoms with Gasteiger partial charge < -0.3 is 19.8 Å². The van der Waals surface area contributed by atoms with Crippen molar-refractivity contribution < 1.29 is 19.1 Å². The minimum Gasteiger partial charge on any atom is -0.496 e. The highest BCUT2D eigenvalue weighted by molar-refractivity contribution is 5.90. The van der Waals surface area contributed by atoms with Gasteiger partial charge in [-0.3, -0.25) is 4.79 Å². The fourth-order valence-corrected chi connectivity index (χ4v) is 4.25. The molecule has 1 aromatic heterocycles. The van der Waals surface area contributed by atoms with E-state index >= 15 is 0 Å². The number of hydrogen-bond donors (Lipinski definition) is 2. The number of rotatable bonds is 11. The molecule has 0 bridgehead atoms. The quantitative estimate of drug-likeness (QED) is 0.386. The van der Waals surface area contributed by atoms with Crippen molar-refractivity contribution in [1.29, 1.82) is 0 Å². The van der Waals surface area contributed by atoms with E-state index in [2.05, 4.69) is 41.6 Å².